The zero-order valence-corrected chi connectivity index (χ0v) is 16.7. The summed E-state index contributed by atoms with van der Waals surface area (Å²) in [5.41, 5.74) is 6.67. The lowest BCUT2D eigenvalue weighted by molar-refractivity contribution is 0.0936. The Hall–Kier alpha value is -3.86. The number of fused-ring (bicyclic) bond motifs is 1. The summed E-state index contributed by atoms with van der Waals surface area (Å²) in [7, 11) is 0. The third-order valence-corrected chi connectivity index (χ3v) is 5.33. The smallest absolute Gasteiger partial charge is 0.255 e. The Kier molecular flexibility index (Phi) is 4.56. The summed E-state index contributed by atoms with van der Waals surface area (Å²) in [5, 5.41) is 11.4. The summed E-state index contributed by atoms with van der Waals surface area (Å²) in [5.74, 6) is -0.0830. The van der Waals surface area contributed by atoms with E-state index in [2.05, 4.69) is 47.9 Å². The van der Waals surface area contributed by atoms with Crippen molar-refractivity contribution in [3.8, 4) is 11.3 Å². The highest BCUT2D eigenvalue weighted by molar-refractivity contribution is 6.01. The molecule has 0 radical (unpaired) electrons. The van der Waals surface area contributed by atoms with Crippen LogP contribution in [0.3, 0.4) is 0 Å². The Labute approximate surface area is 175 Å². The van der Waals surface area contributed by atoms with E-state index < -0.39 is 0 Å². The molecule has 5 nitrogen and oxygen atoms in total. The van der Waals surface area contributed by atoms with Crippen LogP contribution in [0.25, 0.3) is 11.3 Å². The molecule has 2 heterocycles. The van der Waals surface area contributed by atoms with Crippen molar-refractivity contribution in [2.45, 2.75) is 19.6 Å². The van der Waals surface area contributed by atoms with E-state index in [1.165, 1.54) is 11.1 Å². The van der Waals surface area contributed by atoms with Crippen molar-refractivity contribution in [3.05, 3.63) is 107 Å². The molecule has 0 bridgehead atoms. The minimum Gasteiger partial charge on any atom is -0.361 e. The summed E-state index contributed by atoms with van der Waals surface area (Å²) in [6.07, 6.45) is 1.67. The first kappa shape index (κ1) is 18.2. The van der Waals surface area contributed by atoms with Crippen LogP contribution in [-0.2, 0) is 6.54 Å². The first-order valence-electron chi connectivity index (χ1n) is 10.0. The van der Waals surface area contributed by atoms with Crippen LogP contribution < -0.4 is 10.6 Å². The SMILES string of the molecule is Cc1cccc(-c2nn(Cc3ccccc3)cc2C2NC(=O)c3ccccc3N2)c1. The van der Waals surface area contributed by atoms with Gasteiger partial charge in [0.1, 0.15) is 6.17 Å². The highest BCUT2D eigenvalue weighted by Gasteiger charge is 2.28. The molecule has 4 aromatic rings. The maximum Gasteiger partial charge on any atom is 0.255 e. The van der Waals surface area contributed by atoms with Crippen molar-refractivity contribution in [2.75, 3.05) is 5.32 Å². The summed E-state index contributed by atoms with van der Waals surface area (Å²) < 4.78 is 1.94. The number of nitrogens with zero attached hydrogens (tertiary/aromatic N) is 2. The molecule has 5 rings (SSSR count). The van der Waals surface area contributed by atoms with Gasteiger partial charge in [0.2, 0.25) is 0 Å². The molecule has 0 saturated heterocycles. The fourth-order valence-corrected chi connectivity index (χ4v) is 3.88. The van der Waals surface area contributed by atoms with Crippen LogP contribution in [0.2, 0.25) is 0 Å². The Morgan fingerprint density at radius 2 is 1.73 bits per heavy atom. The molecule has 30 heavy (non-hydrogen) atoms. The van der Waals surface area contributed by atoms with Crippen LogP contribution in [0.5, 0.6) is 0 Å². The summed E-state index contributed by atoms with van der Waals surface area (Å²) in [4.78, 5) is 12.7. The molecular weight excluding hydrogens is 372 g/mol. The minimum absolute atomic E-state index is 0.0830. The summed E-state index contributed by atoms with van der Waals surface area (Å²) in [6, 6.07) is 26.1. The molecule has 0 aliphatic carbocycles. The predicted octanol–water partition coefficient (Wildman–Crippen LogP) is 4.76. The number of aryl methyl sites for hydroxylation is 1. The Bertz CT molecular complexity index is 1210. The van der Waals surface area contributed by atoms with Crippen molar-refractivity contribution in [1.29, 1.82) is 0 Å². The van der Waals surface area contributed by atoms with Crippen molar-refractivity contribution in [3.63, 3.8) is 0 Å². The van der Waals surface area contributed by atoms with E-state index >= 15 is 0 Å². The standard InChI is InChI=1S/C25H22N4O/c1-17-8-7-11-19(14-17)23-21(16-29(28-23)15-18-9-3-2-4-10-18)24-26-22-13-6-5-12-20(22)25(30)27-24/h2-14,16,24,26H,15H2,1H3,(H,27,30). The normalized spacial score (nSPS) is 15.2. The molecule has 0 saturated carbocycles. The number of rotatable bonds is 4. The summed E-state index contributed by atoms with van der Waals surface area (Å²) >= 11 is 0. The second kappa shape index (κ2) is 7.52. The Morgan fingerprint density at radius 1 is 0.933 bits per heavy atom. The Morgan fingerprint density at radius 3 is 2.57 bits per heavy atom. The van der Waals surface area contributed by atoms with Crippen LogP contribution in [0.4, 0.5) is 5.69 Å². The van der Waals surface area contributed by atoms with E-state index in [0.29, 0.717) is 12.1 Å². The number of hydrogen-bond acceptors (Lipinski definition) is 3. The zero-order chi connectivity index (χ0) is 20.5. The van der Waals surface area contributed by atoms with Crippen molar-refractivity contribution < 1.29 is 4.79 Å². The predicted molar refractivity (Wildman–Crippen MR) is 118 cm³/mol. The van der Waals surface area contributed by atoms with Crippen molar-refractivity contribution in [1.82, 2.24) is 15.1 Å². The lowest BCUT2D eigenvalue weighted by Crippen LogP contribution is -2.38. The number of carbonyl (C=O) groups excluding carboxylic acids is 1. The topological polar surface area (TPSA) is 59.0 Å². The van der Waals surface area contributed by atoms with E-state index in [4.69, 9.17) is 5.10 Å². The molecule has 1 atom stereocenters. The summed E-state index contributed by atoms with van der Waals surface area (Å²) in [6.45, 7) is 2.73. The lowest BCUT2D eigenvalue weighted by Gasteiger charge is -2.27. The molecule has 1 unspecified atom stereocenters. The lowest BCUT2D eigenvalue weighted by atomic mass is 10.0. The van der Waals surface area contributed by atoms with Gasteiger partial charge < -0.3 is 10.6 Å². The van der Waals surface area contributed by atoms with Crippen molar-refractivity contribution in [2.24, 2.45) is 0 Å². The van der Waals surface area contributed by atoms with Gasteiger partial charge in [-0.3, -0.25) is 9.48 Å². The highest BCUT2D eigenvalue weighted by Crippen LogP contribution is 2.32. The van der Waals surface area contributed by atoms with Crippen LogP contribution in [0.15, 0.2) is 85.1 Å². The maximum atomic E-state index is 12.7. The molecular formula is C25H22N4O. The number of anilines is 1. The number of benzene rings is 3. The second-order valence-electron chi connectivity index (χ2n) is 7.58. The maximum absolute atomic E-state index is 12.7. The number of hydrogen-bond donors (Lipinski definition) is 2. The molecule has 148 valence electrons. The van der Waals surface area contributed by atoms with Gasteiger partial charge in [-0.15, -0.1) is 0 Å². The van der Waals surface area contributed by atoms with Gasteiger partial charge in [0.15, 0.2) is 0 Å². The average Bonchev–Trinajstić information content (AvgIpc) is 3.18. The second-order valence-corrected chi connectivity index (χ2v) is 7.58. The largest absolute Gasteiger partial charge is 0.361 e. The van der Waals surface area contributed by atoms with E-state index in [-0.39, 0.29) is 12.1 Å². The number of carbonyl (C=O) groups is 1. The minimum atomic E-state index is -0.354. The molecule has 1 aliphatic rings. The first-order chi connectivity index (χ1) is 14.7. The quantitative estimate of drug-likeness (QED) is 0.525. The van der Waals surface area contributed by atoms with Gasteiger partial charge in [-0.25, -0.2) is 0 Å². The zero-order valence-electron chi connectivity index (χ0n) is 16.7. The molecule has 1 aliphatic heterocycles. The van der Waals surface area contributed by atoms with E-state index in [0.717, 1.165) is 22.5 Å². The van der Waals surface area contributed by atoms with Gasteiger partial charge in [-0.1, -0.05) is 66.2 Å². The van der Waals surface area contributed by atoms with Gasteiger partial charge >= 0.3 is 0 Å². The third-order valence-electron chi connectivity index (χ3n) is 5.33. The molecule has 2 N–H and O–H groups in total. The van der Waals surface area contributed by atoms with Crippen LogP contribution in [0, 0.1) is 6.92 Å². The number of amides is 1. The molecule has 5 heteroatoms. The third kappa shape index (κ3) is 3.46. The van der Waals surface area contributed by atoms with E-state index in [1.807, 2.05) is 59.4 Å². The van der Waals surface area contributed by atoms with E-state index in [1.54, 1.807) is 0 Å². The van der Waals surface area contributed by atoms with Crippen LogP contribution in [0.1, 0.15) is 33.2 Å². The average molecular weight is 394 g/mol. The Balaban J connectivity index is 1.57. The fraction of sp³-hybridized carbons (Fsp3) is 0.120. The number of nitrogens with one attached hydrogen (secondary N) is 2. The highest BCUT2D eigenvalue weighted by atomic mass is 16.2. The van der Waals surface area contributed by atoms with Gasteiger partial charge in [0.05, 0.1) is 17.8 Å². The molecule has 0 spiro atoms. The molecule has 1 amide bonds. The number of aromatic nitrogens is 2. The van der Waals surface area contributed by atoms with Crippen molar-refractivity contribution >= 4 is 11.6 Å². The molecule has 1 aromatic heterocycles. The van der Waals surface area contributed by atoms with Gasteiger partial charge in [0.25, 0.3) is 5.91 Å². The van der Waals surface area contributed by atoms with Gasteiger partial charge in [0, 0.05) is 23.0 Å². The van der Waals surface area contributed by atoms with Crippen LogP contribution in [-0.4, -0.2) is 15.7 Å². The number of para-hydroxylation sites is 1. The molecule has 0 fully saturated rings. The van der Waals surface area contributed by atoms with Gasteiger partial charge in [-0.05, 0) is 30.7 Å². The van der Waals surface area contributed by atoms with Gasteiger partial charge in [-0.2, -0.15) is 5.10 Å². The van der Waals surface area contributed by atoms with E-state index in [9.17, 15) is 4.79 Å². The van der Waals surface area contributed by atoms with Crippen LogP contribution >= 0.6 is 0 Å². The fourth-order valence-electron chi connectivity index (χ4n) is 3.88. The first-order valence-corrected chi connectivity index (χ1v) is 10.0. The monoisotopic (exact) mass is 394 g/mol. The molecule has 3 aromatic carbocycles.